The second-order valence-electron chi connectivity index (χ2n) is 10.4. The molecule has 3 N–H and O–H groups in total. The molecule has 0 amide bonds. The van der Waals surface area contributed by atoms with Gasteiger partial charge in [0.1, 0.15) is 5.75 Å². The van der Waals surface area contributed by atoms with Crippen LogP contribution in [0, 0.1) is 0 Å². The zero-order valence-corrected chi connectivity index (χ0v) is 21.0. The minimum absolute atomic E-state index is 0.102. The van der Waals surface area contributed by atoms with Crippen LogP contribution in [-0.2, 0) is 16.6 Å². The number of phenols is 1. The van der Waals surface area contributed by atoms with Crippen LogP contribution < -0.4 is 0 Å². The first kappa shape index (κ1) is 26.2. The Morgan fingerprint density at radius 3 is 1.83 bits per heavy atom. The predicted octanol–water partition coefficient (Wildman–Crippen LogP) is 6.23. The van der Waals surface area contributed by atoms with Gasteiger partial charge in [0.05, 0.1) is 17.8 Å². The van der Waals surface area contributed by atoms with E-state index < -0.39 is 19.5 Å². The van der Waals surface area contributed by atoms with Crippen LogP contribution in [0.15, 0.2) is 18.2 Å². The fraction of sp³-hybridized carbons (Fsp3) is 0.750. The molecule has 1 aromatic rings. The largest absolute Gasteiger partial charge is 0.508 e. The van der Waals surface area contributed by atoms with E-state index in [1.807, 2.05) is 12.1 Å². The van der Waals surface area contributed by atoms with Gasteiger partial charge in [-0.25, -0.2) is 0 Å². The van der Waals surface area contributed by atoms with Crippen molar-refractivity contribution in [2.75, 3.05) is 0 Å². The third kappa shape index (κ3) is 6.81. The van der Waals surface area contributed by atoms with Crippen LogP contribution in [0.5, 0.6) is 5.75 Å². The van der Waals surface area contributed by atoms with Gasteiger partial charge in [-0.05, 0) is 68.3 Å². The standard InChI is InChI=1S/C24H44O4Si/c1-17(2)29(18(3)4,19(5)6)28-16-20-11-12-21(22(25)15-20)24(9,27)14-10-13-23(7,8)26/h11-12,15,17-19,25-27H,10,13-14,16H2,1-9H3. The highest BCUT2D eigenvalue weighted by atomic mass is 28.4. The maximum atomic E-state index is 10.9. The van der Waals surface area contributed by atoms with Crippen LogP contribution in [0.3, 0.4) is 0 Å². The van der Waals surface area contributed by atoms with Crippen LogP contribution in [0.1, 0.15) is 92.7 Å². The molecule has 4 nitrogen and oxygen atoms in total. The van der Waals surface area contributed by atoms with Gasteiger partial charge in [0.2, 0.25) is 8.32 Å². The monoisotopic (exact) mass is 424 g/mol. The molecule has 29 heavy (non-hydrogen) atoms. The topological polar surface area (TPSA) is 69.9 Å². The first-order valence-electron chi connectivity index (χ1n) is 11.0. The Bertz CT molecular complexity index is 623. The summed E-state index contributed by atoms with van der Waals surface area (Å²) < 4.78 is 6.62. The van der Waals surface area contributed by atoms with Crippen molar-refractivity contribution in [2.24, 2.45) is 0 Å². The smallest absolute Gasteiger partial charge is 0.200 e. The number of hydrogen-bond donors (Lipinski definition) is 3. The summed E-state index contributed by atoms with van der Waals surface area (Å²) >= 11 is 0. The van der Waals surface area contributed by atoms with Crippen molar-refractivity contribution in [1.82, 2.24) is 0 Å². The van der Waals surface area contributed by atoms with E-state index in [4.69, 9.17) is 4.43 Å². The summed E-state index contributed by atoms with van der Waals surface area (Å²) in [7, 11) is -1.97. The van der Waals surface area contributed by atoms with Crippen LogP contribution >= 0.6 is 0 Å². The maximum Gasteiger partial charge on any atom is 0.200 e. The number of benzene rings is 1. The molecule has 0 radical (unpaired) electrons. The molecular weight excluding hydrogens is 380 g/mol. The van der Waals surface area contributed by atoms with Crippen molar-refractivity contribution in [3.05, 3.63) is 29.3 Å². The Morgan fingerprint density at radius 1 is 0.897 bits per heavy atom. The first-order chi connectivity index (χ1) is 13.1. The number of rotatable bonds is 11. The molecule has 1 unspecified atom stereocenters. The van der Waals surface area contributed by atoms with E-state index in [1.165, 1.54) is 0 Å². The fourth-order valence-corrected chi connectivity index (χ4v) is 10.2. The summed E-state index contributed by atoms with van der Waals surface area (Å²) in [6, 6.07) is 5.47. The zero-order chi connectivity index (χ0) is 22.6. The van der Waals surface area contributed by atoms with Gasteiger partial charge >= 0.3 is 0 Å². The molecule has 0 aliphatic rings. The highest BCUT2D eigenvalue weighted by Gasteiger charge is 2.45. The Balaban J connectivity index is 2.94. The normalized spacial score (nSPS) is 15.4. The number of hydrogen-bond acceptors (Lipinski definition) is 4. The molecule has 1 rings (SSSR count). The summed E-state index contributed by atoms with van der Waals surface area (Å²) in [5.74, 6) is 0.102. The Morgan fingerprint density at radius 2 is 1.41 bits per heavy atom. The van der Waals surface area contributed by atoms with Gasteiger partial charge in [-0.3, -0.25) is 0 Å². The van der Waals surface area contributed by atoms with Crippen LogP contribution in [0.2, 0.25) is 16.6 Å². The predicted molar refractivity (Wildman–Crippen MR) is 124 cm³/mol. The van der Waals surface area contributed by atoms with Gasteiger partial charge in [0, 0.05) is 5.56 Å². The van der Waals surface area contributed by atoms with Gasteiger partial charge in [0.15, 0.2) is 0 Å². The van der Waals surface area contributed by atoms with E-state index in [2.05, 4.69) is 41.5 Å². The van der Waals surface area contributed by atoms with Crippen molar-refractivity contribution in [3.63, 3.8) is 0 Å². The van der Waals surface area contributed by atoms with Crippen LogP contribution in [0.4, 0.5) is 0 Å². The van der Waals surface area contributed by atoms with Crippen molar-refractivity contribution < 1.29 is 19.7 Å². The third-order valence-corrected chi connectivity index (χ3v) is 12.3. The molecule has 1 aromatic carbocycles. The van der Waals surface area contributed by atoms with E-state index in [0.29, 0.717) is 48.1 Å². The van der Waals surface area contributed by atoms with Gasteiger partial charge in [-0.15, -0.1) is 0 Å². The second kappa shape index (κ2) is 9.95. The zero-order valence-electron chi connectivity index (χ0n) is 20.0. The molecule has 0 fully saturated rings. The van der Waals surface area contributed by atoms with Crippen molar-refractivity contribution >= 4 is 8.32 Å². The van der Waals surface area contributed by atoms with Crippen molar-refractivity contribution in [1.29, 1.82) is 0 Å². The summed E-state index contributed by atoms with van der Waals surface area (Å²) in [6.45, 7) is 19.3. The SMILES string of the molecule is CC(C)[Si](OCc1ccc(C(C)(O)CCCC(C)(C)O)c(O)c1)(C(C)C)C(C)C. The van der Waals surface area contributed by atoms with E-state index in [9.17, 15) is 15.3 Å². The first-order valence-corrected chi connectivity index (χ1v) is 13.2. The molecule has 168 valence electrons. The average Bonchev–Trinajstić information content (AvgIpc) is 2.52. The summed E-state index contributed by atoms with van der Waals surface area (Å²) in [4.78, 5) is 0. The van der Waals surface area contributed by atoms with Crippen molar-refractivity contribution in [3.8, 4) is 5.75 Å². The van der Waals surface area contributed by atoms with E-state index >= 15 is 0 Å². The van der Waals surface area contributed by atoms with E-state index in [-0.39, 0.29) is 5.75 Å². The van der Waals surface area contributed by atoms with Crippen LogP contribution in [-0.4, -0.2) is 29.2 Å². The lowest BCUT2D eigenvalue weighted by atomic mass is 9.87. The molecule has 0 saturated heterocycles. The maximum absolute atomic E-state index is 10.9. The van der Waals surface area contributed by atoms with Gasteiger partial charge < -0.3 is 19.7 Å². The molecule has 1 atom stereocenters. The molecule has 0 aromatic heterocycles. The van der Waals surface area contributed by atoms with E-state index in [1.54, 1.807) is 26.8 Å². The summed E-state index contributed by atoms with van der Waals surface area (Å²) in [6.07, 6.45) is 1.75. The van der Waals surface area contributed by atoms with Gasteiger partial charge in [-0.2, -0.15) is 0 Å². The summed E-state index contributed by atoms with van der Waals surface area (Å²) in [5, 5.41) is 31.3. The third-order valence-electron chi connectivity index (χ3n) is 6.29. The molecule has 0 spiro atoms. The Kier molecular flexibility index (Phi) is 8.97. The molecule has 0 saturated carbocycles. The van der Waals surface area contributed by atoms with Gasteiger partial charge in [0.25, 0.3) is 0 Å². The molecule has 0 bridgehead atoms. The minimum Gasteiger partial charge on any atom is -0.508 e. The molecular formula is C24H44O4Si. The molecule has 0 aliphatic heterocycles. The lowest BCUT2D eigenvalue weighted by molar-refractivity contribution is 0.0256. The second-order valence-corrected chi connectivity index (χ2v) is 15.9. The lowest BCUT2D eigenvalue weighted by Gasteiger charge is -2.42. The van der Waals surface area contributed by atoms with Gasteiger partial charge in [-0.1, -0.05) is 53.7 Å². The fourth-order valence-electron chi connectivity index (χ4n) is 4.83. The number of aliphatic hydroxyl groups is 2. The highest BCUT2D eigenvalue weighted by molar-refractivity contribution is 6.77. The minimum atomic E-state index is -1.97. The van der Waals surface area contributed by atoms with Crippen molar-refractivity contribution in [2.45, 2.75) is 116 Å². The highest BCUT2D eigenvalue weighted by Crippen LogP contribution is 2.43. The Labute approximate surface area is 179 Å². The molecule has 5 heteroatoms. The Hall–Kier alpha value is -0.883. The average molecular weight is 425 g/mol. The quantitative estimate of drug-likeness (QED) is 0.368. The molecule has 0 aliphatic carbocycles. The number of aromatic hydroxyl groups is 1. The van der Waals surface area contributed by atoms with Crippen LogP contribution in [0.25, 0.3) is 0 Å². The summed E-state index contributed by atoms with van der Waals surface area (Å²) in [5.41, 5.74) is 1.08. The number of phenolic OH excluding ortho intramolecular Hbond substituents is 1. The molecule has 0 heterocycles. The van der Waals surface area contributed by atoms with E-state index in [0.717, 1.165) is 5.56 Å². The lowest BCUT2D eigenvalue weighted by Crippen LogP contribution is -2.47.